The maximum absolute atomic E-state index is 13.3. The molecular weight excluding hydrogens is 526 g/mol. The second-order valence-corrected chi connectivity index (χ2v) is 12.0. The smallest absolute Gasteiger partial charge is 0.270 e. The first-order valence-electron chi connectivity index (χ1n) is 13.2. The van der Waals surface area contributed by atoms with Gasteiger partial charge >= 0.3 is 0 Å². The summed E-state index contributed by atoms with van der Waals surface area (Å²) in [7, 11) is 0. The van der Waals surface area contributed by atoms with Gasteiger partial charge in [-0.15, -0.1) is 11.3 Å². The van der Waals surface area contributed by atoms with E-state index in [0.717, 1.165) is 48.0 Å². The zero-order chi connectivity index (χ0) is 27.0. The number of nitro benzene ring substituents is 1. The first kappa shape index (κ1) is 27.1. The minimum Gasteiger partial charge on any atom is -0.349 e. The lowest BCUT2D eigenvalue weighted by atomic mass is 9.88. The number of nitrogens with zero attached hydrogens (tertiary/aromatic N) is 2. The largest absolute Gasteiger partial charge is 0.349 e. The van der Waals surface area contributed by atoms with Gasteiger partial charge in [0.05, 0.1) is 14.7 Å². The molecule has 1 aliphatic rings. The fourth-order valence-electron chi connectivity index (χ4n) is 5.10. The van der Waals surface area contributed by atoms with Crippen LogP contribution >= 0.6 is 23.1 Å². The molecular formula is C31H31N3O3S2. The Morgan fingerprint density at radius 1 is 0.974 bits per heavy atom. The average molecular weight is 558 g/mol. The van der Waals surface area contributed by atoms with Gasteiger partial charge in [-0.25, -0.2) is 0 Å². The fraction of sp³-hybridized carbons (Fsp3) is 0.258. The number of likely N-dealkylation sites (tertiary alicyclic amines) is 1. The summed E-state index contributed by atoms with van der Waals surface area (Å²) in [5, 5.41) is 16.5. The first-order chi connectivity index (χ1) is 19.1. The SMILES string of the molecule is O=C(NC1CCN(CCC(c2ccccc2)c2ccccc2)CC1)c1cc([N+](=O)[O-])ccc1Sc1cccs1. The van der Waals surface area contributed by atoms with E-state index in [9.17, 15) is 14.9 Å². The number of carbonyl (C=O) groups is 1. The Labute approximate surface area is 237 Å². The molecule has 8 heteroatoms. The van der Waals surface area contributed by atoms with Crippen LogP contribution in [0, 0.1) is 10.1 Å². The van der Waals surface area contributed by atoms with Crippen LogP contribution in [0.4, 0.5) is 5.69 Å². The monoisotopic (exact) mass is 557 g/mol. The minimum absolute atomic E-state index is 0.0478. The van der Waals surface area contributed by atoms with Crippen molar-refractivity contribution in [1.29, 1.82) is 0 Å². The maximum atomic E-state index is 13.3. The molecule has 0 radical (unpaired) electrons. The van der Waals surface area contributed by atoms with Crippen molar-refractivity contribution in [1.82, 2.24) is 10.2 Å². The van der Waals surface area contributed by atoms with Gasteiger partial charge in [-0.2, -0.15) is 0 Å². The third-order valence-electron chi connectivity index (χ3n) is 7.18. The number of rotatable bonds is 10. The topological polar surface area (TPSA) is 75.5 Å². The molecule has 1 aromatic heterocycles. The first-order valence-corrected chi connectivity index (χ1v) is 14.9. The Hall–Kier alpha value is -3.46. The van der Waals surface area contributed by atoms with Crippen molar-refractivity contribution in [2.24, 2.45) is 0 Å². The molecule has 5 rings (SSSR count). The van der Waals surface area contributed by atoms with Gasteiger partial charge < -0.3 is 10.2 Å². The molecule has 1 fully saturated rings. The van der Waals surface area contributed by atoms with Crippen LogP contribution in [0.3, 0.4) is 0 Å². The molecule has 3 aromatic carbocycles. The summed E-state index contributed by atoms with van der Waals surface area (Å²) in [6.07, 6.45) is 2.74. The van der Waals surface area contributed by atoms with E-state index in [1.54, 1.807) is 17.4 Å². The van der Waals surface area contributed by atoms with E-state index >= 15 is 0 Å². The van der Waals surface area contributed by atoms with Gasteiger partial charge in [-0.1, -0.05) is 78.5 Å². The quantitative estimate of drug-likeness (QED) is 0.165. The molecule has 0 saturated carbocycles. The van der Waals surface area contributed by atoms with Crippen molar-refractivity contribution in [2.45, 2.75) is 40.3 Å². The standard InChI is InChI=1S/C31H31N3O3S2/c35-31(28-22-26(34(36)37)13-14-29(28)39-30-12-7-21-38-30)32-25-15-18-33(19-16-25)20-17-27(23-8-3-1-4-9-23)24-10-5-2-6-11-24/h1-14,21-22,25,27H,15-20H2,(H,32,35). The highest BCUT2D eigenvalue weighted by atomic mass is 32.2. The van der Waals surface area contributed by atoms with E-state index < -0.39 is 4.92 Å². The summed E-state index contributed by atoms with van der Waals surface area (Å²) >= 11 is 3.04. The second-order valence-electron chi connectivity index (χ2n) is 9.72. The molecule has 0 bridgehead atoms. The van der Waals surface area contributed by atoms with Crippen LogP contribution in [0.25, 0.3) is 0 Å². The van der Waals surface area contributed by atoms with Crippen LogP contribution < -0.4 is 5.32 Å². The molecule has 0 aliphatic carbocycles. The van der Waals surface area contributed by atoms with Gasteiger partial charge in [0.1, 0.15) is 0 Å². The molecule has 39 heavy (non-hydrogen) atoms. The van der Waals surface area contributed by atoms with E-state index in [2.05, 4.69) is 70.9 Å². The van der Waals surface area contributed by atoms with Crippen LogP contribution in [0.15, 0.2) is 105 Å². The Kier molecular flexibility index (Phi) is 9.08. The average Bonchev–Trinajstić information content (AvgIpc) is 3.48. The van der Waals surface area contributed by atoms with E-state index in [1.807, 2.05) is 17.5 Å². The molecule has 0 unspecified atom stereocenters. The number of thiophene rings is 1. The lowest BCUT2D eigenvalue weighted by Crippen LogP contribution is -2.45. The molecule has 1 aliphatic heterocycles. The number of hydrogen-bond donors (Lipinski definition) is 1. The zero-order valence-corrected chi connectivity index (χ0v) is 23.2. The second kappa shape index (κ2) is 13.1. The Morgan fingerprint density at radius 3 is 2.23 bits per heavy atom. The number of nitro groups is 1. The Balaban J connectivity index is 1.19. The van der Waals surface area contributed by atoms with Crippen LogP contribution in [0.1, 0.15) is 46.7 Å². The molecule has 6 nitrogen and oxygen atoms in total. The highest BCUT2D eigenvalue weighted by molar-refractivity contribution is 8.01. The van der Waals surface area contributed by atoms with E-state index in [-0.39, 0.29) is 17.6 Å². The lowest BCUT2D eigenvalue weighted by Gasteiger charge is -2.33. The number of piperidine rings is 1. The summed E-state index contributed by atoms with van der Waals surface area (Å²) in [5.41, 5.74) is 2.95. The van der Waals surface area contributed by atoms with Crippen LogP contribution in [0.2, 0.25) is 0 Å². The molecule has 2 heterocycles. The van der Waals surface area contributed by atoms with Crippen molar-refractivity contribution in [3.63, 3.8) is 0 Å². The highest BCUT2D eigenvalue weighted by Gasteiger charge is 2.25. The molecule has 4 aromatic rings. The zero-order valence-electron chi connectivity index (χ0n) is 21.6. The summed E-state index contributed by atoms with van der Waals surface area (Å²) in [6.45, 7) is 2.81. The molecule has 200 valence electrons. The maximum Gasteiger partial charge on any atom is 0.270 e. The summed E-state index contributed by atoms with van der Waals surface area (Å²) in [5.74, 6) is 0.0994. The Bertz CT molecular complexity index is 1330. The normalized spacial score (nSPS) is 14.4. The van der Waals surface area contributed by atoms with Crippen molar-refractivity contribution < 1.29 is 9.72 Å². The number of nitrogens with one attached hydrogen (secondary N) is 1. The Morgan fingerprint density at radius 2 is 1.64 bits per heavy atom. The van der Waals surface area contributed by atoms with Gasteiger partial charge in [-0.05, 0) is 54.4 Å². The van der Waals surface area contributed by atoms with E-state index in [4.69, 9.17) is 0 Å². The van der Waals surface area contributed by atoms with Gasteiger partial charge in [-0.3, -0.25) is 14.9 Å². The summed E-state index contributed by atoms with van der Waals surface area (Å²) in [4.78, 5) is 27.4. The number of non-ortho nitro benzene ring substituents is 1. The lowest BCUT2D eigenvalue weighted by molar-refractivity contribution is -0.384. The molecule has 0 atom stereocenters. The van der Waals surface area contributed by atoms with Crippen LogP contribution in [-0.2, 0) is 0 Å². The minimum atomic E-state index is -0.451. The predicted octanol–water partition coefficient (Wildman–Crippen LogP) is 7.22. The third kappa shape index (κ3) is 7.15. The molecule has 1 amide bonds. The van der Waals surface area contributed by atoms with Crippen LogP contribution in [-0.4, -0.2) is 41.4 Å². The fourth-order valence-corrected chi connectivity index (χ4v) is 6.94. The number of amides is 1. The van der Waals surface area contributed by atoms with E-state index in [0.29, 0.717) is 11.5 Å². The number of hydrogen-bond acceptors (Lipinski definition) is 6. The van der Waals surface area contributed by atoms with Crippen molar-refractivity contribution in [3.05, 3.63) is 123 Å². The van der Waals surface area contributed by atoms with Crippen LogP contribution in [0.5, 0.6) is 0 Å². The van der Waals surface area contributed by atoms with Crippen molar-refractivity contribution in [2.75, 3.05) is 19.6 Å². The van der Waals surface area contributed by atoms with Gasteiger partial charge in [0.15, 0.2) is 0 Å². The molecule has 1 N–H and O–H groups in total. The summed E-state index contributed by atoms with van der Waals surface area (Å²) < 4.78 is 1.04. The predicted molar refractivity (Wildman–Crippen MR) is 158 cm³/mol. The number of carbonyl (C=O) groups excluding carboxylic acids is 1. The van der Waals surface area contributed by atoms with Gasteiger partial charge in [0, 0.05) is 42.1 Å². The van der Waals surface area contributed by atoms with Crippen molar-refractivity contribution in [3.8, 4) is 0 Å². The highest BCUT2D eigenvalue weighted by Crippen LogP contribution is 2.35. The number of benzene rings is 3. The summed E-state index contributed by atoms with van der Waals surface area (Å²) in [6, 6.07) is 29.9. The molecule has 0 spiro atoms. The van der Waals surface area contributed by atoms with Gasteiger partial charge in [0.2, 0.25) is 0 Å². The van der Waals surface area contributed by atoms with Crippen molar-refractivity contribution >= 4 is 34.7 Å². The molecule has 1 saturated heterocycles. The van der Waals surface area contributed by atoms with Gasteiger partial charge in [0.25, 0.3) is 11.6 Å². The third-order valence-corrected chi connectivity index (χ3v) is 9.30. The van der Waals surface area contributed by atoms with E-state index in [1.165, 1.54) is 35.0 Å².